The van der Waals surface area contributed by atoms with Crippen LogP contribution in [0, 0.1) is 11.8 Å². The van der Waals surface area contributed by atoms with E-state index in [1.807, 2.05) is 5.92 Å². The molecule has 0 amide bonds. The highest BCUT2D eigenvalue weighted by atomic mass is 19.4. The summed E-state index contributed by atoms with van der Waals surface area (Å²) in [6, 6.07) is 2.64. The third-order valence-electron chi connectivity index (χ3n) is 2.00. The van der Waals surface area contributed by atoms with E-state index < -0.39 is 17.7 Å². The summed E-state index contributed by atoms with van der Waals surface area (Å²) >= 11 is 0. The fourth-order valence-corrected chi connectivity index (χ4v) is 1.25. The number of esters is 1. The van der Waals surface area contributed by atoms with Crippen molar-refractivity contribution < 1.29 is 27.5 Å². The first kappa shape index (κ1) is 14.8. The zero-order chi connectivity index (χ0) is 14.5. The van der Waals surface area contributed by atoms with Crippen molar-refractivity contribution in [2.75, 3.05) is 6.61 Å². The van der Waals surface area contributed by atoms with Gasteiger partial charge in [-0.15, -0.1) is 0 Å². The molecular formula is C13H9F3O3. The SMILES string of the molecule is CCOC(=O)C#Cc1cc(C=O)cc(C(F)(F)F)c1. The van der Waals surface area contributed by atoms with Gasteiger partial charge in [-0.25, -0.2) is 4.79 Å². The predicted molar refractivity (Wildman–Crippen MR) is 60.3 cm³/mol. The van der Waals surface area contributed by atoms with Gasteiger partial charge >= 0.3 is 12.1 Å². The molecule has 0 aliphatic heterocycles. The maximum atomic E-state index is 12.5. The van der Waals surface area contributed by atoms with E-state index in [1.54, 1.807) is 6.92 Å². The van der Waals surface area contributed by atoms with Crippen molar-refractivity contribution in [2.24, 2.45) is 0 Å². The number of aldehydes is 1. The Morgan fingerprint density at radius 1 is 1.37 bits per heavy atom. The van der Waals surface area contributed by atoms with Crippen molar-refractivity contribution in [2.45, 2.75) is 13.1 Å². The minimum atomic E-state index is -4.58. The molecule has 0 radical (unpaired) electrons. The van der Waals surface area contributed by atoms with Gasteiger partial charge in [0.25, 0.3) is 0 Å². The molecule has 0 saturated carbocycles. The molecule has 0 aliphatic rings. The lowest BCUT2D eigenvalue weighted by atomic mass is 10.1. The van der Waals surface area contributed by atoms with Crippen LogP contribution in [0.15, 0.2) is 18.2 Å². The number of carbonyl (C=O) groups excluding carboxylic acids is 2. The minimum absolute atomic E-state index is 0.0787. The minimum Gasteiger partial charge on any atom is -0.456 e. The van der Waals surface area contributed by atoms with Crippen molar-refractivity contribution in [3.8, 4) is 11.8 Å². The first-order chi connectivity index (χ1) is 8.86. The predicted octanol–water partition coefficient (Wildman–Crippen LogP) is 2.43. The summed E-state index contributed by atoms with van der Waals surface area (Å²) in [7, 11) is 0. The highest BCUT2D eigenvalue weighted by molar-refractivity contribution is 5.89. The van der Waals surface area contributed by atoms with Crippen LogP contribution in [0.2, 0.25) is 0 Å². The average molecular weight is 270 g/mol. The molecule has 0 bridgehead atoms. The van der Waals surface area contributed by atoms with Gasteiger partial charge in [-0.1, -0.05) is 5.92 Å². The molecule has 100 valence electrons. The summed E-state index contributed by atoms with van der Waals surface area (Å²) in [4.78, 5) is 21.5. The smallest absolute Gasteiger partial charge is 0.416 e. The number of ether oxygens (including phenoxy) is 1. The summed E-state index contributed by atoms with van der Waals surface area (Å²) < 4.78 is 42.2. The summed E-state index contributed by atoms with van der Waals surface area (Å²) in [5, 5.41) is 0. The molecule has 0 aliphatic carbocycles. The van der Waals surface area contributed by atoms with Gasteiger partial charge in [-0.05, 0) is 25.1 Å². The first-order valence-electron chi connectivity index (χ1n) is 5.23. The number of halogens is 3. The standard InChI is InChI=1S/C13H9F3O3/c1-2-19-12(18)4-3-9-5-10(8-17)7-11(6-9)13(14,15)16/h5-8H,2H2,1H3. The zero-order valence-corrected chi connectivity index (χ0v) is 9.88. The Morgan fingerprint density at radius 3 is 2.58 bits per heavy atom. The van der Waals surface area contributed by atoms with Crippen molar-refractivity contribution in [1.82, 2.24) is 0 Å². The molecule has 0 spiro atoms. The third kappa shape index (κ3) is 4.47. The van der Waals surface area contributed by atoms with Crippen LogP contribution in [-0.4, -0.2) is 18.9 Å². The fraction of sp³-hybridized carbons (Fsp3) is 0.231. The lowest BCUT2D eigenvalue weighted by molar-refractivity contribution is -0.138. The molecule has 3 nitrogen and oxygen atoms in total. The normalized spacial score (nSPS) is 10.3. The van der Waals surface area contributed by atoms with Crippen LogP contribution >= 0.6 is 0 Å². The molecule has 0 fully saturated rings. The fourth-order valence-electron chi connectivity index (χ4n) is 1.25. The van der Waals surface area contributed by atoms with E-state index in [0.29, 0.717) is 6.07 Å². The Balaban J connectivity index is 3.14. The molecule has 0 saturated heterocycles. The summed E-state index contributed by atoms with van der Waals surface area (Å²) in [5.74, 6) is 3.43. The van der Waals surface area contributed by atoms with Crippen molar-refractivity contribution in [3.63, 3.8) is 0 Å². The van der Waals surface area contributed by atoms with Gasteiger partial charge < -0.3 is 4.74 Å². The number of rotatable bonds is 2. The Morgan fingerprint density at radius 2 is 2.05 bits per heavy atom. The average Bonchev–Trinajstić information content (AvgIpc) is 2.35. The maximum Gasteiger partial charge on any atom is 0.416 e. The van der Waals surface area contributed by atoms with E-state index in [0.717, 1.165) is 12.1 Å². The highest BCUT2D eigenvalue weighted by Gasteiger charge is 2.31. The van der Waals surface area contributed by atoms with Crippen molar-refractivity contribution in [3.05, 3.63) is 34.9 Å². The van der Waals surface area contributed by atoms with Crippen molar-refractivity contribution >= 4 is 12.3 Å². The molecule has 0 heterocycles. The number of alkyl halides is 3. The molecule has 0 aromatic heterocycles. The van der Waals surface area contributed by atoms with Crippen LogP contribution in [0.1, 0.15) is 28.4 Å². The molecule has 6 heteroatoms. The van der Waals surface area contributed by atoms with Gasteiger partial charge in [0.15, 0.2) is 0 Å². The summed E-state index contributed by atoms with van der Waals surface area (Å²) in [6.07, 6.45) is -4.30. The second-order valence-electron chi connectivity index (χ2n) is 3.43. The lowest BCUT2D eigenvalue weighted by Crippen LogP contribution is -2.06. The molecular weight excluding hydrogens is 261 g/mol. The highest BCUT2D eigenvalue weighted by Crippen LogP contribution is 2.30. The molecule has 1 aromatic rings. The third-order valence-corrected chi connectivity index (χ3v) is 2.00. The largest absolute Gasteiger partial charge is 0.456 e. The first-order valence-corrected chi connectivity index (χ1v) is 5.23. The Hall–Kier alpha value is -2.29. The van der Waals surface area contributed by atoms with Gasteiger partial charge in [0, 0.05) is 17.0 Å². The van der Waals surface area contributed by atoms with E-state index in [4.69, 9.17) is 0 Å². The molecule has 1 rings (SSSR count). The van der Waals surface area contributed by atoms with Gasteiger partial charge in [0.1, 0.15) is 6.29 Å². The van der Waals surface area contributed by atoms with Crippen LogP contribution in [0.25, 0.3) is 0 Å². The van der Waals surface area contributed by atoms with Gasteiger partial charge in [-0.2, -0.15) is 13.2 Å². The summed E-state index contributed by atoms with van der Waals surface area (Å²) in [6.45, 7) is 1.70. The number of hydrogen-bond donors (Lipinski definition) is 0. The Kier molecular flexibility index (Phi) is 4.70. The van der Waals surface area contributed by atoms with E-state index in [9.17, 15) is 22.8 Å². The van der Waals surface area contributed by atoms with Crippen LogP contribution < -0.4 is 0 Å². The van der Waals surface area contributed by atoms with Crippen LogP contribution in [0.3, 0.4) is 0 Å². The van der Waals surface area contributed by atoms with E-state index in [2.05, 4.69) is 10.7 Å². The number of hydrogen-bond acceptors (Lipinski definition) is 3. The topological polar surface area (TPSA) is 43.4 Å². The van der Waals surface area contributed by atoms with E-state index in [-0.39, 0.29) is 24.0 Å². The van der Waals surface area contributed by atoms with E-state index in [1.165, 1.54) is 0 Å². The lowest BCUT2D eigenvalue weighted by Gasteiger charge is -2.07. The molecule has 1 aromatic carbocycles. The van der Waals surface area contributed by atoms with Crippen molar-refractivity contribution in [1.29, 1.82) is 0 Å². The molecule has 0 unspecified atom stereocenters. The molecule has 0 atom stereocenters. The van der Waals surface area contributed by atoms with E-state index >= 15 is 0 Å². The Bertz CT molecular complexity index is 550. The zero-order valence-electron chi connectivity index (χ0n) is 9.88. The van der Waals surface area contributed by atoms with Crippen LogP contribution in [0.5, 0.6) is 0 Å². The molecule has 19 heavy (non-hydrogen) atoms. The van der Waals surface area contributed by atoms with Crippen LogP contribution in [-0.2, 0) is 15.7 Å². The maximum absolute atomic E-state index is 12.5. The van der Waals surface area contributed by atoms with Gasteiger partial charge in [0.05, 0.1) is 12.2 Å². The number of carbonyl (C=O) groups is 2. The second-order valence-corrected chi connectivity index (χ2v) is 3.43. The quantitative estimate of drug-likeness (QED) is 0.471. The monoisotopic (exact) mass is 270 g/mol. The summed E-state index contributed by atoms with van der Waals surface area (Å²) in [5.41, 5.74) is -1.24. The molecule has 0 N–H and O–H groups in total. The van der Waals surface area contributed by atoms with Crippen LogP contribution in [0.4, 0.5) is 13.2 Å². The van der Waals surface area contributed by atoms with Gasteiger partial charge in [-0.3, -0.25) is 4.79 Å². The van der Waals surface area contributed by atoms with Gasteiger partial charge in [0.2, 0.25) is 0 Å². The Labute approximate surface area is 107 Å². The second kappa shape index (κ2) is 6.05. The number of benzene rings is 1.